The van der Waals surface area contributed by atoms with Gasteiger partial charge < -0.3 is 31.1 Å². The number of ether oxygens (including phenoxy) is 1. The lowest BCUT2D eigenvalue weighted by atomic mass is 9.84. The third-order valence-corrected chi connectivity index (χ3v) is 5.71. The van der Waals surface area contributed by atoms with Gasteiger partial charge in [-0.1, -0.05) is 44.7 Å². The van der Waals surface area contributed by atoms with Gasteiger partial charge in [0.1, 0.15) is 11.5 Å². The highest BCUT2D eigenvalue weighted by molar-refractivity contribution is 6.03. The predicted octanol–water partition coefficient (Wildman–Crippen LogP) is 3.83. The van der Waals surface area contributed by atoms with Crippen LogP contribution in [-0.4, -0.2) is 63.2 Å². The molecular weight excluding hydrogens is 492 g/mol. The molecule has 0 saturated heterocycles. The van der Waals surface area contributed by atoms with Gasteiger partial charge >= 0.3 is 5.97 Å². The Morgan fingerprint density at radius 1 is 1.26 bits per heavy atom. The van der Waals surface area contributed by atoms with Gasteiger partial charge in [0.15, 0.2) is 0 Å². The molecule has 1 aromatic rings. The Morgan fingerprint density at radius 2 is 1.92 bits per heavy atom. The standard InChI is InChI=1S/C27H31N3O4.C2H7N.C2H6/c1-5-19-24(15-17(2)30(3)4)34-23-10-7-6-9-21(23)25(19)20-12-11-18(16-22(20)27(32)33)26(31)29-14-8-13-28;1-3-2;1-2/h5-6,9-12,15-16H,1,7-8,13-14,28H2,2-4H3,(H,29,31)(H,32,33);3H,1-2H3;1-2H3/p+1/b17-15+;;. The Bertz CT molecular complexity index is 1190. The first kappa shape index (κ1) is 33.1. The van der Waals surface area contributed by atoms with E-state index in [2.05, 4.69) is 11.9 Å². The fourth-order valence-electron chi connectivity index (χ4n) is 3.70. The molecule has 1 heterocycles. The number of rotatable bonds is 9. The predicted molar refractivity (Wildman–Crippen MR) is 159 cm³/mol. The SMILES string of the molecule is C=CC1=C(/C=C(\C)N(C)C)OC2=CCC=CC2=C1c1ccc(C(=O)NCCCN)cc1C(=O)O.CC.C[NH2+]C. The Kier molecular flexibility index (Phi) is 14.3. The number of allylic oxidation sites excluding steroid dienone is 8. The summed E-state index contributed by atoms with van der Waals surface area (Å²) in [7, 11) is 7.88. The first-order chi connectivity index (χ1) is 18.7. The fourth-order valence-corrected chi connectivity index (χ4v) is 3.70. The summed E-state index contributed by atoms with van der Waals surface area (Å²) in [5.41, 5.74) is 9.41. The molecule has 0 aromatic heterocycles. The number of nitrogens with two attached hydrogens (primary N) is 2. The van der Waals surface area contributed by atoms with Gasteiger partial charge in [0.05, 0.1) is 19.7 Å². The molecule has 39 heavy (non-hydrogen) atoms. The number of hydrogen-bond acceptors (Lipinski definition) is 5. The lowest BCUT2D eigenvalue weighted by molar-refractivity contribution is -0.597. The van der Waals surface area contributed by atoms with Gasteiger partial charge in [0, 0.05) is 54.7 Å². The molecule has 6 N–H and O–H groups in total. The van der Waals surface area contributed by atoms with Crippen LogP contribution in [0.1, 0.15) is 59.9 Å². The average molecular weight is 538 g/mol. The van der Waals surface area contributed by atoms with Crippen LogP contribution >= 0.6 is 0 Å². The highest BCUT2D eigenvalue weighted by atomic mass is 16.5. The molecule has 8 heteroatoms. The van der Waals surface area contributed by atoms with Crippen molar-refractivity contribution in [3.63, 3.8) is 0 Å². The summed E-state index contributed by atoms with van der Waals surface area (Å²) in [5, 5.41) is 14.8. The average Bonchev–Trinajstić information content (AvgIpc) is 2.93. The van der Waals surface area contributed by atoms with E-state index in [1.165, 1.54) is 6.07 Å². The zero-order valence-electron chi connectivity index (χ0n) is 24.4. The summed E-state index contributed by atoms with van der Waals surface area (Å²) in [6.45, 7) is 10.8. The monoisotopic (exact) mass is 537 g/mol. The maximum absolute atomic E-state index is 12.5. The zero-order valence-corrected chi connectivity index (χ0v) is 24.4. The third kappa shape index (κ3) is 8.84. The van der Waals surface area contributed by atoms with E-state index >= 15 is 0 Å². The fraction of sp³-hybridized carbons (Fsp3) is 0.355. The van der Waals surface area contributed by atoms with E-state index in [0.717, 1.165) is 11.3 Å². The normalized spacial score (nSPS) is 14.1. The summed E-state index contributed by atoms with van der Waals surface area (Å²) < 4.78 is 6.22. The van der Waals surface area contributed by atoms with Crippen LogP contribution in [0.3, 0.4) is 0 Å². The highest BCUT2D eigenvalue weighted by Crippen LogP contribution is 2.42. The third-order valence-electron chi connectivity index (χ3n) is 5.71. The van der Waals surface area contributed by atoms with Crippen LogP contribution in [0, 0.1) is 0 Å². The number of carboxylic acids is 1. The van der Waals surface area contributed by atoms with Crippen molar-refractivity contribution in [3.8, 4) is 0 Å². The largest absolute Gasteiger partial charge is 0.478 e. The summed E-state index contributed by atoms with van der Waals surface area (Å²) in [4.78, 5) is 26.8. The quantitative estimate of drug-likeness (QED) is 0.355. The van der Waals surface area contributed by atoms with Crippen molar-refractivity contribution in [2.45, 2.75) is 33.6 Å². The molecular formula is C31H45N4O4+. The van der Waals surface area contributed by atoms with Crippen LogP contribution in [0.2, 0.25) is 0 Å². The van der Waals surface area contributed by atoms with Crippen LogP contribution in [0.25, 0.3) is 5.57 Å². The van der Waals surface area contributed by atoms with E-state index in [0.29, 0.717) is 54.2 Å². The van der Waals surface area contributed by atoms with Crippen molar-refractivity contribution >= 4 is 17.4 Å². The maximum Gasteiger partial charge on any atom is 0.336 e. The topological polar surface area (TPSA) is 122 Å². The van der Waals surface area contributed by atoms with Gasteiger partial charge in [0.2, 0.25) is 0 Å². The molecule has 1 aliphatic heterocycles. The Morgan fingerprint density at radius 3 is 2.49 bits per heavy atom. The number of aromatic carboxylic acids is 1. The molecule has 2 aliphatic rings. The smallest absolute Gasteiger partial charge is 0.336 e. The lowest BCUT2D eigenvalue weighted by Crippen LogP contribution is -2.74. The number of carbonyl (C=O) groups is 2. The van der Waals surface area contributed by atoms with E-state index in [1.807, 2.05) is 83.5 Å². The lowest BCUT2D eigenvalue weighted by Gasteiger charge is -2.28. The first-order valence-corrected chi connectivity index (χ1v) is 13.3. The van der Waals surface area contributed by atoms with E-state index in [4.69, 9.17) is 10.5 Å². The number of nitrogens with zero attached hydrogens (tertiary/aromatic N) is 1. The summed E-state index contributed by atoms with van der Waals surface area (Å²) in [5.74, 6) is -0.209. The molecule has 1 aromatic carbocycles. The Labute approximate surface area is 233 Å². The van der Waals surface area contributed by atoms with Crippen molar-refractivity contribution in [3.05, 3.63) is 100 Å². The molecule has 8 nitrogen and oxygen atoms in total. The Hall–Kier alpha value is -3.88. The number of amides is 1. The minimum absolute atomic E-state index is 0.0289. The van der Waals surface area contributed by atoms with Gasteiger partial charge in [-0.15, -0.1) is 0 Å². The van der Waals surface area contributed by atoms with Crippen LogP contribution in [0.15, 0.2) is 83.5 Å². The summed E-state index contributed by atoms with van der Waals surface area (Å²) in [6, 6.07) is 4.73. The molecule has 0 bridgehead atoms. The number of carbonyl (C=O) groups excluding carboxylic acids is 1. The second-order valence-electron chi connectivity index (χ2n) is 8.80. The second-order valence-corrected chi connectivity index (χ2v) is 8.80. The van der Waals surface area contributed by atoms with Crippen molar-refractivity contribution in [2.24, 2.45) is 5.73 Å². The minimum atomic E-state index is -1.12. The molecule has 1 aliphatic carbocycles. The number of carboxylic acid groups (broad SMARTS) is 1. The van der Waals surface area contributed by atoms with Crippen molar-refractivity contribution < 1.29 is 24.7 Å². The van der Waals surface area contributed by atoms with E-state index < -0.39 is 5.97 Å². The van der Waals surface area contributed by atoms with Crippen LogP contribution in [0.4, 0.5) is 0 Å². The molecule has 212 valence electrons. The molecule has 1 amide bonds. The van der Waals surface area contributed by atoms with Crippen LogP contribution in [0.5, 0.6) is 0 Å². The minimum Gasteiger partial charge on any atom is -0.478 e. The Balaban J connectivity index is 0.00000142. The summed E-state index contributed by atoms with van der Waals surface area (Å²) >= 11 is 0. The van der Waals surface area contributed by atoms with Gasteiger partial charge in [-0.3, -0.25) is 4.79 Å². The second kappa shape index (κ2) is 16.9. The van der Waals surface area contributed by atoms with E-state index in [-0.39, 0.29) is 17.0 Å². The van der Waals surface area contributed by atoms with E-state index in [1.54, 1.807) is 18.2 Å². The van der Waals surface area contributed by atoms with Gasteiger partial charge in [-0.25, -0.2) is 4.79 Å². The van der Waals surface area contributed by atoms with E-state index in [9.17, 15) is 14.7 Å². The molecule has 0 fully saturated rings. The van der Waals surface area contributed by atoms with Gasteiger partial charge in [-0.2, -0.15) is 0 Å². The number of hydrogen-bond donors (Lipinski definition) is 4. The highest BCUT2D eigenvalue weighted by Gasteiger charge is 2.29. The molecule has 0 atom stereocenters. The number of fused-ring (bicyclic) bond motifs is 1. The van der Waals surface area contributed by atoms with Gasteiger partial charge in [-0.05, 0) is 50.1 Å². The van der Waals surface area contributed by atoms with Crippen LogP contribution in [-0.2, 0) is 4.74 Å². The number of quaternary nitrogens is 1. The first-order valence-electron chi connectivity index (χ1n) is 13.3. The van der Waals surface area contributed by atoms with Crippen molar-refractivity contribution in [2.75, 3.05) is 41.3 Å². The van der Waals surface area contributed by atoms with Gasteiger partial charge in [0.25, 0.3) is 5.91 Å². The van der Waals surface area contributed by atoms with Crippen LogP contribution < -0.4 is 16.4 Å². The summed E-state index contributed by atoms with van der Waals surface area (Å²) in [6.07, 6.45) is 10.8. The molecule has 0 spiro atoms. The molecule has 0 radical (unpaired) electrons. The van der Waals surface area contributed by atoms with Crippen molar-refractivity contribution in [1.82, 2.24) is 10.2 Å². The zero-order chi connectivity index (χ0) is 29.5. The molecule has 0 unspecified atom stereocenters. The maximum atomic E-state index is 12.5. The number of benzene rings is 1. The van der Waals surface area contributed by atoms with Crippen molar-refractivity contribution in [1.29, 1.82) is 0 Å². The molecule has 0 saturated carbocycles. The molecule has 3 rings (SSSR count). The number of nitrogens with one attached hydrogen (secondary N) is 1.